The fourth-order valence-corrected chi connectivity index (χ4v) is 25.4. The van der Waals surface area contributed by atoms with E-state index in [1.807, 2.05) is 20.8 Å². The number of allylic oxidation sites excluding steroid dienone is 4. The van der Waals surface area contributed by atoms with Crippen molar-refractivity contribution in [2.24, 2.45) is 50.2 Å². The monoisotopic (exact) mass is 2160 g/mol. The summed E-state index contributed by atoms with van der Waals surface area (Å²) in [6, 6.07) is 0. The van der Waals surface area contributed by atoms with Crippen LogP contribution >= 0.6 is 0 Å². The van der Waals surface area contributed by atoms with E-state index in [0.717, 1.165) is 0 Å². The van der Waals surface area contributed by atoms with Crippen LogP contribution in [0.4, 0.5) is 0 Å². The Morgan fingerprint density at radius 3 is 1.48 bits per heavy atom. The lowest BCUT2D eigenvalue weighted by Crippen LogP contribution is -2.70. The Morgan fingerprint density at radius 1 is 0.427 bits per heavy atom. The number of carbonyl (C=O) groups excluding carboxylic acids is 3. The van der Waals surface area contributed by atoms with Crippen LogP contribution in [0.1, 0.15) is 167 Å². The predicted octanol–water partition coefficient (Wildman–Crippen LogP) is -6.57. The summed E-state index contributed by atoms with van der Waals surface area (Å²) in [7, 11) is 0. The third-order valence-corrected chi connectivity index (χ3v) is 35.3. The van der Waals surface area contributed by atoms with E-state index in [9.17, 15) is 138 Å². The number of carbonyl (C=O) groups is 3. The molecule has 49 nitrogen and oxygen atoms in total. The van der Waals surface area contributed by atoms with Gasteiger partial charge in [-0.15, -0.1) is 13.2 Å². The first-order chi connectivity index (χ1) is 70.3. The molecule has 4 saturated carbocycles. The van der Waals surface area contributed by atoms with Gasteiger partial charge in [0.15, 0.2) is 62.5 Å². The highest BCUT2D eigenvalue weighted by Gasteiger charge is 2.75. The molecule has 0 amide bonds. The van der Waals surface area contributed by atoms with Gasteiger partial charge in [0.25, 0.3) is 0 Å². The third kappa shape index (κ3) is 23.3. The molecule has 5 aliphatic carbocycles. The van der Waals surface area contributed by atoms with Crippen LogP contribution in [0.15, 0.2) is 60.3 Å². The molecule has 9 heterocycles. The van der Waals surface area contributed by atoms with Gasteiger partial charge in [0, 0.05) is 17.4 Å². The molecule has 0 bridgehead atoms. The van der Waals surface area contributed by atoms with Crippen molar-refractivity contribution in [3.63, 3.8) is 0 Å². The first-order valence-corrected chi connectivity index (χ1v) is 51.8. The van der Waals surface area contributed by atoms with Gasteiger partial charge in [-0.3, -0.25) is 4.79 Å². The maximum Gasteiger partial charge on any atom is 0.336 e. The van der Waals surface area contributed by atoms with E-state index >= 15 is 9.59 Å². The van der Waals surface area contributed by atoms with Gasteiger partial charge < -0.3 is 228 Å². The molecule has 54 unspecified atom stereocenters. The first-order valence-electron chi connectivity index (χ1n) is 51.8. The predicted molar refractivity (Wildman–Crippen MR) is 503 cm³/mol. The van der Waals surface area contributed by atoms with Crippen LogP contribution < -0.4 is 0 Å². The van der Waals surface area contributed by atoms with Gasteiger partial charge in [-0.1, -0.05) is 84.4 Å². The van der Waals surface area contributed by atoms with Crippen LogP contribution in [-0.2, 0) is 109 Å². The fraction of sp³-hybridized carbons (Fsp3) is 0.871. The van der Waals surface area contributed by atoms with Crippen molar-refractivity contribution in [1.29, 1.82) is 0 Å². The summed E-state index contributed by atoms with van der Waals surface area (Å²) in [5.41, 5.74) is -8.73. The van der Waals surface area contributed by atoms with Crippen molar-refractivity contribution in [1.82, 2.24) is 0 Å². The average Bonchev–Trinajstić information content (AvgIpc) is 0.705. The zero-order valence-electron chi connectivity index (χ0n) is 86.5. The summed E-state index contributed by atoms with van der Waals surface area (Å²) in [5, 5.41) is 290. The molecule has 0 aromatic heterocycles. The molecule has 9 saturated heterocycles. The maximum absolute atomic E-state index is 16.9. The Bertz CT molecular complexity index is 4630. The fourth-order valence-electron chi connectivity index (χ4n) is 25.4. The number of fused-ring (bicyclic) bond motifs is 7. The molecular formula is C101H160O49. The van der Waals surface area contributed by atoms with E-state index < -0.39 is 390 Å². The van der Waals surface area contributed by atoms with Crippen molar-refractivity contribution in [3.05, 3.63) is 60.3 Å². The lowest BCUT2D eigenvalue weighted by atomic mass is 9.33. The zero-order valence-corrected chi connectivity index (χ0v) is 86.5. The molecule has 9 aliphatic heterocycles. The van der Waals surface area contributed by atoms with Gasteiger partial charge in [0.2, 0.25) is 6.29 Å². The van der Waals surface area contributed by atoms with Crippen molar-refractivity contribution in [2.45, 2.75) is 455 Å². The van der Waals surface area contributed by atoms with E-state index in [0.29, 0.717) is 37.7 Å². The summed E-state index contributed by atoms with van der Waals surface area (Å²) in [5.74, 6) is -4.71. The van der Waals surface area contributed by atoms with Crippen molar-refractivity contribution >= 4 is 17.9 Å². The second-order valence-corrected chi connectivity index (χ2v) is 45.7. The van der Waals surface area contributed by atoms with Crippen LogP contribution in [-0.4, -0.2) is 484 Å². The SMILES string of the molecule is C=CC(C)(CCC=C(C)C(=O)OC1C(C)OC(OC(C)(C=C)CCC=C(CO)C(=O)OC2CC3(C(=O)OC4OC(CO)C(O)C(O)C4OC4OC(C)C(OC5OC(CO)C(O)C5O)C(OC5OC(CO)C(O)C(O)C5O)C4O)C(O)CC4(C)C(=CCC5C6(C)CCC(OC7OC(COC8OC(C)C(O)C(O)C8OC8OCC(O)C(O)C8O)C(O)C(O)C7O)C(C)(C)C6CCC54C)C3CC2(C)C)C(O)C1O)OC1OCC(O)C(O)C1O. The van der Waals surface area contributed by atoms with Crippen LogP contribution in [0.2, 0.25) is 0 Å². The van der Waals surface area contributed by atoms with E-state index in [2.05, 4.69) is 33.1 Å². The molecule has 14 aliphatic rings. The molecule has 26 N–H and O–H groups in total. The van der Waals surface area contributed by atoms with Gasteiger partial charge >= 0.3 is 17.9 Å². The highest BCUT2D eigenvalue weighted by atomic mass is 16.8. The van der Waals surface area contributed by atoms with Crippen molar-refractivity contribution < 1.29 is 242 Å². The number of hydrogen-bond donors (Lipinski definition) is 26. The van der Waals surface area contributed by atoms with Gasteiger partial charge in [-0.05, 0) is 152 Å². The molecule has 0 aromatic rings. The second kappa shape index (κ2) is 47.7. The zero-order chi connectivity index (χ0) is 110. The molecule has 150 heavy (non-hydrogen) atoms. The number of aliphatic hydroxyl groups excluding tert-OH is 26. The number of hydrogen-bond acceptors (Lipinski definition) is 49. The lowest BCUT2D eigenvalue weighted by molar-refractivity contribution is -0.390. The van der Waals surface area contributed by atoms with Gasteiger partial charge in [-0.25, -0.2) is 9.59 Å². The van der Waals surface area contributed by atoms with E-state index in [1.54, 1.807) is 27.7 Å². The largest absolute Gasteiger partial charge is 0.458 e. The second-order valence-electron chi connectivity index (χ2n) is 45.7. The summed E-state index contributed by atoms with van der Waals surface area (Å²) in [4.78, 5) is 45.7. The molecule has 0 radical (unpaired) electrons. The van der Waals surface area contributed by atoms with Crippen LogP contribution in [0.25, 0.3) is 0 Å². The summed E-state index contributed by atoms with van der Waals surface area (Å²) in [6.07, 6.45) is -68.0. The smallest absolute Gasteiger partial charge is 0.336 e. The Hall–Kier alpha value is -4.61. The molecule has 13 fully saturated rings. The molecule has 54 atom stereocenters. The minimum atomic E-state index is -2.30. The summed E-state index contributed by atoms with van der Waals surface area (Å²) in [6.45, 7) is 25.5. The minimum absolute atomic E-state index is 0.0577. The number of esters is 3. The van der Waals surface area contributed by atoms with E-state index in [-0.39, 0.29) is 68.1 Å². The van der Waals surface area contributed by atoms with Gasteiger partial charge in [0.05, 0.1) is 93.5 Å². The third-order valence-electron chi connectivity index (χ3n) is 35.3. The minimum Gasteiger partial charge on any atom is -0.458 e. The number of aliphatic hydroxyl groups is 26. The Morgan fingerprint density at radius 2 is 0.887 bits per heavy atom. The normalized spacial score (nSPS) is 49.2. The highest BCUT2D eigenvalue weighted by molar-refractivity contribution is 5.89. The van der Waals surface area contributed by atoms with E-state index in [4.69, 9.17) is 94.7 Å². The number of rotatable bonds is 35. The molecule has 858 valence electrons. The Balaban J connectivity index is 0.717. The van der Waals surface area contributed by atoms with Crippen molar-refractivity contribution in [2.75, 3.05) is 46.2 Å². The maximum atomic E-state index is 16.9. The average molecular weight is 2160 g/mol. The Labute approximate surface area is 867 Å². The van der Waals surface area contributed by atoms with E-state index in [1.165, 1.54) is 52.0 Å². The molecule has 14 rings (SSSR count). The lowest BCUT2D eigenvalue weighted by Gasteiger charge is -2.72. The van der Waals surface area contributed by atoms with Crippen LogP contribution in [0.5, 0.6) is 0 Å². The summed E-state index contributed by atoms with van der Waals surface area (Å²) < 4.78 is 121. The topological polar surface area (TPSA) is 762 Å². The standard InChI is InChI=1S/C101H160O49/c1-16-96(11,149-85-71(122)60(111)48(107)38-132-85)26-18-20-40(3)82(128)143-77-42(5)136-90(75(126)69(77)120)150-97(12,17-2)27-19-21-44(33-102)83(129)141-57-32-101(93(130)148-92-81(68(119)62(113)50(35-104)139-92)147-89-76(127)79(145-88-74(125)65(116)61(112)49(34-103)137-88)78(43(6)135-89)144-87-72(123)63(114)51(36-105)138-87)46(30-94(57,7)8)45-22-23-54-98(13)28-25-56(95(9,10)53(98)24-29-99(54,14)100(45,15)31-55(101)108)142-86-73(124)66(117)64(115)52(140-86)39-133-91-80(67(118)58(109)41(4)134-91)146-84-70(121)59(110)47(106)37-131-84/h16-17,20-22,41-43,46-81,84-92,102-127H,1-2,18-19,23-39H2,3-15H3. The summed E-state index contributed by atoms with van der Waals surface area (Å²) >= 11 is 0. The molecule has 0 spiro atoms. The Kier molecular flexibility index (Phi) is 38.4. The number of ether oxygens (including phenoxy) is 20. The first kappa shape index (κ1) is 121. The molecular weight excluding hydrogens is 2000 g/mol. The quantitative estimate of drug-likeness (QED) is 0.00922. The van der Waals surface area contributed by atoms with Gasteiger partial charge in [-0.2, -0.15) is 0 Å². The van der Waals surface area contributed by atoms with Gasteiger partial charge in [0.1, 0.15) is 182 Å². The van der Waals surface area contributed by atoms with Crippen LogP contribution in [0.3, 0.4) is 0 Å². The molecule has 49 heteroatoms. The van der Waals surface area contributed by atoms with Crippen molar-refractivity contribution in [3.8, 4) is 0 Å². The van der Waals surface area contributed by atoms with Crippen LogP contribution in [0, 0.1) is 50.2 Å². The highest BCUT2D eigenvalue weighted by Crippen LogP contribution is 2.77. The molecule has 0 aromatic carbocycles.